The SMILES string of the molecule is C=C(C)C(=O)CCCOCCN.C=C(C)C(=O)CCCOCCN=[N+]=[N-].C=C(C)C(=O)O.CCCOCCOS(C)(=O)=O.OCCOCCO.[2HH].[N-]=[N+]=NCCOCCN.[N-]=[N+]=NCCOCCN=[N+]=[N-]. The third kappa shape index (κ3) is 101. The lowest BCUT2D eigenvalue weighted by Gasteiger charge is -2.01. The van der Waals surface area contributed by atoms with E-state index in [1.165, 1.54) is 6.92 Å². The van der Waals surface area contributed by atoms with Crippen molar-refractivity contribution < 1.29 is 72.2 Å². The van der Waals surface area contributed by atoms with E-state index in [1.54, 1.807) is 13.8 Å². The van der Waals surface area contributed by atoms with Crippen molar-refractivity contribution in [1.82, 2.24) is 0 Å². The van der Waals surface area contributed by atoms with E-state index in [0.717, 1.165) is 19.1 Å². The van der Waals surface area contributed by atoms with Crippen molar-refractivity contribution in [2.24, 2.45) is 31.9 Å². The highest BCUT2D eigenvalue weighted by Crippen LogP contribution is 2.00. The normalized spacial score (nSPS) is 9.33. The van der Waals surface area contributed by atoms with Gasteiger partial charge in [-0.2, -0.15) is 8.42 Å². The summed E-state index contributed by atoms with van der Waals surface area (Å²) in [7, 11) is -3.29. The predicted octanol–water partition coefficient (Wildman–Crippen LogP) is 5.29. The van der Waals surface area contributed by atoms with Crippen molar-refractivity contribution in [3.8, 4) is 0 Å². The summed E-state index contributed by atoms with van der Waals surface area (Å²) in [6, 6.07) is 0. The van der Waals surface area contributed by atoms with Crippen LogP contribution in [-0.2, 0) is 57.1 Å². The summed E-state index contributed by atoms with van der Waals surface area (Å²) in [6.45, 7) is 25.1. The maximum atomic E-state index is 11.1. The van der Waals surface area contributed by atoms with Crippen LogP contribution in [0, 0.1) is 0 Å². The molecule has 0 aromatic carbocycles. The van der Waals surface area contributed by atoms with Crippen molar-refractivity contribution in [2.45, 2.75) is 59.8 Å². The molecule has 0 atom stereocenters. The Kier molecular flexibility index (Phi) is 79.3. The highest BCUT2D eigenvalue weighted by atomic mass is 32.2. The largest absolute Gasteiger partial charge is 0.478 e. The van der Waals surface area contributed by atoms with Crippen LogP contribution in [0.5, 0.6) is 0 Å². The number of aliphatic hydroxyl groups excluding tert-OH is 2. The molecule has 0 aromatic rings. The second-order valence-corrected chi connectivity index (χ2v) is 14.4. The van der Waals surface area contributed by atoms with Gasteiger partial charge in [-0.3, -0.25) is 13.8 Å². The number of nitrogens with zero attached hydrogens (tertiary/aromatic N) is 12. The number of allylic oxidation sites excluding steroid dienone is 2. The first-order valence-corrected chi connectivity index (χ1v) is 23.4. The summed E-state index contributed by atoms with van der Waals surface area (Å²) in [5.41, 5.74) is 43.1. The zero-order valence-corrected chi connectivity index (χ0v) is 42.5. The summed E-state index contributed by atoms with van der Waals surface area (Å²) < 4.78 is 54.8. The van der Waals surface area contributed by atoms with E-state index in [-0.39, 0.29) is 38.4 Å². The van der Waals surface area contributed by atoms with E-state index < -0.39 is 16.1 Å². The number of carboxylic acids is 1. The number of hydrogen-bond donors (Lipinski definition) is 5. The number of aliphatic carboxylic acids is 1. The van der Waals surface area contributed by atoms with Gasteiger partial charge in [-0.15, -0.1) is 0 Å². The number of Topliss-reactive ketones (excluding diaryl/α,β-unsaturated/α-hetero) is 2. The first-order chi connectivity index (χ1) is 33.3. The number of carboxylic acid groups (broad SMARTS) is 1. The summed E-state index contributed by atoms with van der Waals surface area (Å²) in [4.78, 5) is 41.8. The average Bonchev–Trinajstić information content (AvgIpc) is 3.31. The molecule has 0 aliphatic carbocycles. The number of carbonyl (C=O) groups excluding carboxylic acids is 2. The Labute approximate surface area is 413 Å². The molecule has 7 N–H and O–H groups in total. The predicted molar refractivity (Wildman–Crippen MR) is 267 cm³/mol. The molecule has 0 saturated heterocycles. The number of azide groups is 4. The number of aliphatic hydroxyl groups is 2. The lowest BCUT2D eigenvalue weighted by atomic mass is 10.1. The maximum Gasteiger partial charge on any atom is 0.330 e. The zero-order chi connectivity index (χ0) is 55.0. The molecule has 0 fully saturated rings. The number of rotatable bonds is 37. The minimum Gasteiger partial charge on any atom is -0.478 e. The molecule has 0 aromatic heterocycles. The van der Waals surface area contributed by atoms with E-state index in [2.05, 4.69) is 68.8 Å². The lowest BCUT2D eigenvalue weighted by Crippen LogP contribution is -2.09. The summed E-state index contributed by atoms with van der Waals surface area (Å²) in [5.74, 6) is -0.745. The Balaban J connectivity index is -0.000000110. The molecule has 408 valence electrons. The first kappa shape index (κ1) is 78.9. The van der Waals surface area contributed by atoms with Gasteiger partial charge in [0.05, 0.1) is 85.5 Å². The molecule has 0 spiro atoms. The van der Waals surface area contributed by atoms with E-state index in [1.807, 2.05) is 6.92 Å². The van der Waals surface area contributed by atoms with Crippen LogP contribution in [0.3, 0.4) is 0 Å². The fourth-order valence-corrected chi connectivity index (χ4v) is 3.36. The van der Waals surface area contributed by atoms with Crippen LogP contribution < -0.4 is 11.5 Å². The van der Waals surface area contributed by atoms with E-state index in [4.69, 9.17) is 72.6 Å². The smallest absolute Gasteiger partial charge is 0.330 e. The van der Waals surface area contributed by atoms with Gasteiger partial charge in [-0.25, -0.2) is 4.79 Å². The van der Waals surface area contributed by atoms with Crippen LogP contribution in [-0.4, -0.2) is 186 Å². The molecule has 29 nitrogen and oxygen atoms in total. The van der Waals surface area contributed by atoms with Gasteiger partial charge in [0, 0.05) is 98.6 Å². The lowest BCUT2D eigenvalue weighted by molar-refractivity contribution is -0.132. The van der Waals surface area contributed by atoms with E-state index in [0.29, 0.717) is 149 Å². The van der Waals surface area contributed by atoms with Gasteiger partial charge in [0.1, 0.15) is 0 Å². The molecule has 70 heavy (non-hydrogen) atoms. The van der Waals surface area contributed by atoms with Crippen LogP contribution in [0.4, 0.5) is 0 Å². The Morgan fingerprint density at radius 2 is 0.843 bits per heavy atom. The number of ether oxygens (including phenoxy) is 6. The van der Waals surface area contributed by atoms with Crippen LogP contribution in [0.15, 0.2) is 56.9 Å². The van der Waals surface area contributed by atoms with Gasteiger partial charge in [0.15, 0.2) is 11.6 Å². The van der Waals surface area contributed by atoms with Crippen molar-refractivity contribution in [1.29, 1.82) is 0 Å². The average molecular weight is 1030 g/mol. The van der Waals surface area contributed by atoms with Gasteiger partial charge in [-0.1, -0.05) is 47.1 Å². The van der Waals surface area contributed by atoms with Gasteiger partial charge in [0.2, 0.25) is 0 Å². The molecule has 0 aliphatic heterocycles. The quantitative estimate of drug-likeness (QED) is 0.0132. The van der Waals surface area contributed by atoms with Gasteiger partial charge in [0.25, 0.3) is 10.1 Å². The van der Waals surface area contributed by atoms with Crippen LogP contribution in [0.25, 0.3) is 41.8 Å². The Morgan fingerprint density at radius 3 is 1.11 bits per heavy atom. The zero-order valence-electron chi connectivity index (χ0n) is 41.7. The van der Waals surface area contributed by atoms with Gasteiger partial charge >= 0.3 is 5.97 Å². The number of ketones is 2. The molecule has 0 heterocycles. The summed E-state index contributed by atoms with van der Waals surface area (Å²) in [6.07, 6.45) is 4.39. The summed E-state index contributed by atoms with van der Waals surface area (Å²) >= 11 is 0. The first-order valence-electron chi connectivity index (χ1n) is 21.5. The second-order valence-electron chi connectivity index (χ2n) is 12.7. The number of carbonyl (C=O) groups is 3. The fourth-order valence-electron chi connectivity index (χ4n) is 2.99. The molecule has 0 rings (SSSR count). The van der Waals surface area contributed by atoms with Crippen LogP contribution in [0.2, 0.25) is 0 Å². The molecule has 0 aliphatic rings. The molecule has 0 unspecified atom stereocenters. The molecule has 0 radical (unpaired) electrons. The maximum absolute atomic E-state index is 11.1. The van der Waals surface area contributed by atoms with Crippen molar-refractivity contribution in [3.05, 3.63) is 78.2 Å². The topological polar surface area (TPSA) is 458 Å². The number of nitrogens with two attached hydrogens (primary N) is 2. The monoisotopic (exact) mass is 1030 g/mol. The Morgan fingerprint density at radius 1 is 0.543 bits per heavy atom. The fraction of sp³-hybridized carbons (Fsp3) is 0.775. The van der Waals surface area contributed by atoms with Crippen molar-refractivity contribution in [3.63, 3.8) is 0 Å². The Bertz CT molecular complexity index is 1580. The molecular formula is C40H82N14O15S. The highest BCUT2D eigenvalue weighted by Gasteiger charge is 2.02. The van der Waals surface area contributed by atoms with Crippen molar-refractivity contribution >= 4 is 27.7 Å². The second kappa shape index (κ2) is 70.3. The van der Waals surface area contributed by atoms with E-state index >= 15 is 0 Å². The Hall–Kier alpha value is -5.22. The van der Waals surface area contributed by atoms with E-state index in [9.17, 15) is 22.8 Å². The molecular weight excluding hydrogens is 949 g/mol. The van der Waals surface area contributed by atoms with Gasteiger partial charge in [-0.05, 0) is 73.3 Å². The molecule has 0 saturated carbocycles. The number of hydrogen-bond acceptors (Lipinski definition) is 20. The summed E-state index contributed by atoms with van der Waals surface area (Å²) in [5, 5.41) is 37.1. The van der Waals surface area contributed by atoms with Crippen LogP contribution >= 0.6 is 0 Å². The highest BCUT2D eigenvalue weighted by molar-refractivity contribution is 7.85. The third-order valence-electron chi connectivity index (χ3n) is 6.17. The molecule has 0 bridgehead atoms. The third-order valence-corrected chi connectivity index (χ3v) is 6.76. The minimum atomic E-state index is -3.29. The molecule has 30 heteroatoms. The minimum absolute atomic E-state index is 0. The van der Waals surface area contributed by atoms with Crippen LogP contribution in [0.1, 0.15) is 61.2 Å². The van der Waals surface area contributed by atoms with Crippen molar-refractivity contribution in [2.75, 3.05) is 145 Å². The standard InChI is InChI=1S/C9H15N3O2.C9H17NO2.C6H14O4S.C4H8N6O.C4H10N4O.C4H10O3.C4H6O2.H2/c1-8(2)9(13)4-3-6-14-7-5-11-12-10;1-8(2)9(11)4-3-6-12-7-5-10;1-3-4-9-5-6-10-11(2,7)8;5-9-7-1-3-11-4-2-8-10-6;5-1-3-9-4-2-7-8-6;5-1-3-7-4-2-6;1-3(2)4(5)6;/h1,3-7H2,2H3;1,3-7,10H2,2H3;3-6H2,1-2H3;1-4H2;1-5H2;5-6H,1-4H2;1H2,2H3,(H,5,6);1H/i;;;;;;;1+1. The molecule has 0 amide bonds. The van der Waals surface area contributed by atoms with Gasteiger partial charge < -0.3 is 55.2 Å².